The molecule has 0 bridgehead atoms. The number of nitrogens with zero attached hydrogens (tertiary/aromatic N) is 2. The number of hydrogen-bond acceptors (Lipinski definition) is 6. The van der Waals surface area contributed by atoms with Gasteiger partial charge in [-0.15, -0.1) is 11.3 Å². The van der Waals surface area contributed by atoms with Gasteiger partial charge in [0.25, 0.3) is 0 Å². The van der Waals surface area contributed by atoms with Crippen LogP contribution in [0.25, 0.3) is 10.7 Å². The van der Waals surface area contributed by atoms with Crippen LogP contribution in [0.4, 0.5) is 0 Å². The van der Waals surface area contributed by atoms with E-state index in [-0.39, 0.29) is 5.92 Å². The van der Waals surface area contributed by atoms with E-state index in [1.54, 1.807) is 17.5 Å². The van der Waals surface area contributed by atoms with E-state index in [0.717, 1.165) is 29.4 Å². The zero-order valence-corrected chi connectivity index (χ0v) is 13.2. The fourth-order valence-electron chi connectivity index (χ4n) is 2.43. The molecule has 3 rings (SSSR count). The lowest BCUT2D eigenvalue weighted by Crippen LogP contribution is -2.23. The maximum Gasteiger partial charge on any atom is 0.150 e. The minimum absolute atomic E-state index is 0.240. The molecule has 1 unspecified atom stereocenters. The molecule has 1 aliphatic heterocycles. The molecule has 1 fully saturated rings. The number of nitrogens with one attached hydrogen (secondary N) is 1. The highest BCUT2D eigenvalue weighted by molar-refractivity contribution is 7.91. The Morgan fingerprint density at radius 1 is 1.38 bits per heavy atom. The summed E-state index contributed by atoms with van der Waals surface area (Å²) >= 11 is 1.58. The lowest BCUT2D eigenvalue weighted by atomic mass is 10.1. The summed E-state index contributed by atoms with van der Waals surface area (Å²) in [5.41, 5.74) is 1.86. The Kier molecular flexibility index (Phi) is 4.32. The fourth-order valence-corrected chi connectivity index (χ4v) is 5.09. The first-order chi connectivity index (χ1) is 10.1. The van der Waals surface area contributed by atoms with Gasteiger partial charge in [0.05, 0.1) is 22.9 Å². The molecule has 0 spiro atoms. The highest BCUT2D eigenvalue weighted by atomic mass is 32.2. The Morgan fingerprint density at radius 3 is 3.00 bits per heavy atom. The zero-order chi connectivity index (χ0) is 14.7. The first-order valence-corrected chi connectivity index (χ1v) is 9.59. The summed E-state index contributed by atoms with van der Waals surface area (Å²) in [6.45, 7) is 1.40. The maximum absolute atomic E-state index is 11.4. The predicted octanol–water partition coefficient (Wildman–Crippen LogP) is 1.73. The van der Waals surface area contributed by atoms with Gasteiger partial charge in [-0.05, 0) is 31.0 Å². The molecular weight excluding hydrogens is 306 g/mol. The Balaban J connectivity index is 1.52. The molecule has 0 saturated carbocycles. The minimum Gasteiger partial charge on any atom is -0.311 e. The van der Waals surface area contributed by atoms with E-state index in [2.05, 4.69) is 15.3 Å². The summed E-state index contributed by atoms with van der Waals surface area (Å²) in [5, 5.41) is 6.23. The van der Waals surface area contributed by atoms with Crippen molar-refractivity contribution >= 4 is 21.2 Å². The molecule has 2 aromatic heterocycles. The van der Waals surface area contributed by atoms with E-state index in [1.165, 1.54) is 0 Å². The Bertz CT molecular complexity index is 698. The van der Waals surface area contributed by atoms with Crippen LogP contribution in [-0.2, 0) is 16.4 Å². The Morgan fingerprint density at radius 2 is 2.29 bits per heavy atom. The van der Waals surface area contributed by atoms with Gasteiger partial charge < -0.3 is 5.32 Å². The molecule has 21 heavy (non-hydrogen) atoms. The Labute approximate surface area is 128 Å². The van der Waals surface area contributed by atoms with Gasteiger partial charge in [-0.25, -0.2) is 13.4 Å². The van der Waals surface area contributed by atoms with Crippen molar-refractivity contribution in [2.24, 2.45) is 5.92 Å². The molecule has 5 nitrogen and oxygen atoms in total. The third-order valence-electron chi connectivity index (χ3n) is 3.50. The molecule has 0 aromatic carbocycles. The second-order valence-corrected chi connectivity index (χ2v) is 8.35. The van der Waals surface area contributed by atoms with Crippen LogP contribution in [0, 0.1) is 5.92 Å². The van der Waals surface area contributed by atoms with Gasteiger partial charge in [-0.1, -0.05) is 6.07 Å². The average Bonchev–Trinajstić information content (AvgIpc) is 3.07. The SMILES string of the molecule is O=S1(=O)CCC(CNCc2csc(-c3ccccn3)n2)C1. The normalized spacial score (nSPS) is 20.7. The number of sulfone groups is 1. The third kappa shape index (κ3) is 3.87. The molecule has 1 saturated heterocycles. The molecule has 0 amide bonds. The van der Waals surface area contributed by atoms with E-state index < -0.39 is 9.84 Å². The lowest BCUT2D eigenvalue weighted by molar-refractivity contribution is 0.518. The number of hydrogen-bond donors (Lipinski definition) is 1. The van der Waals surface area contributed by atoms with Gasteiger partial charge in [0.15, 0.2) is 9.84 Å². The van der Waals surface area contributed by atoms with Crippen molar-refractivity contribution in [3.63, 3.8) is 0 Å². The van der Waals surface area contributed by atoms with Crippen LogP contribution in [0.1, 0.15) is 12.1 Å². The van der Waals surface area contributed by atoms with E-state index in [9.17, 15) is 8.42 Å². The van der Waals surface area contributed by atoms with Gasteiger partial charge in [-0.2, -0.15) is 0 Å². The van der Waals surface area contributed by atoms with Gasteiger partial charge in [0.1, 0.15) is 5.01 Å². The molecular formula is C14H17N3O2S2. The number of aromatic nitrogens is 2. The summed E-state index contributed by atoms with van der Waals surface area (Å²) in [7, 11) is -2.78. The maximum atomic E-state index is 11.4. The monoisotopic (exact) mass is 323 g/mol. The number of pyridine rings is 1. The van der Waals surface area contributed by atoms with Crippen molar-refractivity contribution in [2.75, 3.05) is 18.1 Å². The third-order valence-corrected chi connectivity index (χ3v) is 6.25. The van der Waals surface area contributed by atoms with Gasteiger partial charge in [0, 0.05) is 18.1 Å². The molecule has 1 aliphatic rings. The smallest absolute Gasteiger partial charge is 0.150 e. The standard InChI is InChI=1S/C14H17N3O2S2/c18-21(19)6-4-11(10-21)7-15-8-12-9-20-14(17-12)13-3-1-2-5-16-13/h1-3,5,9,11,15H,4,6-8,10H2. The van der Waals surface area contributed by atoms with E-state index in [0.29, 0.717) is 18.1 Å². The van der Waals surface area contributed by atoms with Crippen LogP contribution < -0.4 is 5.32 Å². The van der Waals surface area contributed by atoms with Crippen LogP contribution in [0.15, 0.2) is 29.8 Å². The summed E-state index contributed by atoms with van der Waals surface area (Å²) < 4.78 is 22.8. The van der Waals surface area contributed by atoms with E-state index >= 15 is 0 Å². The van der Waals surface area contributed by atoms with Gasteiger partial charge >= 0.3 is 0 Å². The second kappa shape index (κ2) is 6.21. The van der Waals surface area contributed by atoms with Crippen LogP contribution >= 0.6 is 11.3 Å². The molecule has 3 heterocycles. The Hall–Kier alpha value is -1.31. The molecule has 2 aromatic rings. The molecule has 0 aliphatic carbocycles. The molecule has 1 N–H and O–H groups in total. The van der Waals surface area contributed by atoms with E-state index in [4.69, 9.17) is 0 Å². The van der Waals surface area contributed by atoms with Crippen molar-refractivity contribution < 1.29 is 8.42 Å². The molecule has 7 heteroatoms. The van der Waals surface area contributed by atoms with Crippen LogP contribution in [0.5, 0.6) is 0 Å². The van der Waals surface area contributed by atoms with Crippen molar-refractivity contribution in [3.8, 4) is 10.7 Å². The molecule has 0 radical (unpaired) electrons. The van der Waals surface area contributed by atoms with E-state index in [1.807, 2.05) is 23.6 Å². The molecule has 1 atom stereocenters. The predicted molar refractivity (Wildman–Crippen MR) is 83.8 cm³/mol. The highest BCUT2D eigenvalue weighted by Crippen LogP contribution is 2.21. The largest absolute Gasteiger partial charge is 0.311 e. The fraction of sp³-hybridized carbons (Fsp3) is 0.429. The lowest BCUT2D eigenvalue weighted by Gasteiger charge is -2.07. The summed E-state index contributed by atoms with van der Waals surface area (Å²) in [6.07, 6.45) is 2.53. The highest BCUT2D eigenvalue weighted by Gasteiger charge is 2.27. The number of thiazole rings is 1. The number of rotatable bonds is 5. The topological polar surface area (TPSA) is 72.0 Å². The van der Waals surface area contributed by atoms with Gasteiger partial charge in [0.2, 0.25) is 0 Å². The molecule has 112 valence electrons. The summed E-state index contributed by atoms with van der Waals surface area (Å²) in [4.78, 5) is 8.83. The average molecular weight is 323 g/mol. The van der Waals surface area contributed by atoms with Gasteiger partial charge in [-0.3, -0.25) is 4.98 Å². The van der Waals surface area contributed by atoms with Crippen LogP contribution in [0.3, 0.4) is 0 Å². The summed E-state index contributed by atoms with van der Waals surface area (Å²) in [6, 6.07) is 5.77. The van der Waals surface area contributed by atoms with Crippen molar-refractivity contribution in [2.45, 2.75) is 13.0 Å². The van der Waals surface area contributed by atoms with Crippen molar-refractivity contribution in [1.82, 2.24) is 15.3 Å². The first-order valence-electron chi connectivity index (χ1n) is 6.89. The first kappa shape index (κ1) is 14.6. The second-order valence-electron chi connectivity index (χ2n) is 5.26. The summed E-state index contributed by atoms with van der Waals surface area (Å²) in [5.74, 6) is 0.889. The minimum atomic E-state index is -2.78. The quantitative estimate of drug-likeness (QED) is 0.907. The van der Waals surface area contributed by atoms with Crippen LogP contribution in [0.2, 0.25) is 0 Å². The van der Waals surface area contributed by atoms with Crippen molar-refractivity contribution in [1.29, 1.82) is 0 Å². The van der Waals surface area contributed by atoms with Crippen LogP contribution in [-0.4, -0.2) is 36.4 Å². The zero-order valence-electron chi connectivity index (χ0n) is 11.5. The van der Waals surface area contributed by atoms with Crippen molar-refractivity contribution in [3.05, 3.63) is 35.5 Å².